The van der Waals surface area contributed by atoms with Crippen LogP contribution in [-0.4, -0.2) is 36.1 Å². The van der Waals surface area contributed by atoms with Crippen molar-refractivity contribution < 1.29 is 19.1 Å². The molecule has 0 aliphatic rings. The third kappa shape index (κ3) is 10.4. The fraction of sp³-hybridized carbons (Fsp3) is 0.138. The summed E-state index contributed by atoms with van der Waals surface area (Å²) in [5.41, 5.74) is 13.2. The van der Waals surface area contributed by atoms with Crippen LogP contribution < -0.4 is 9.80 Å². The lowest BCUT2D eigenvalue weighted by Gasteiger charge is -2.26. The third-order valence-electron chi connectivity index (χ3n) is 12.0. The lowest BCUT2D eigenvalue weighted by molar-refractivity contribution is -0.141. The third-order valence-corrected chi connectivity index (χ3v) is 16.7. The van der Waals surface area contributed by atoms with E-state index >= 15 is 0 Å². The number of carbonyl (C=O) groups is 2. The highest BCUT2D eigenvalue weighted by Crippen LogP contribution is 2.44. The van der Waals surface area contributed by atoms with E-state index in [0.717, 1.165) is 85.8 Å². The van der Waals surface area contributed by atoms with Crippen LogP contribution in [0.3, 0.4) is 0 Å². The van der Waals surface area contributed by atoms with Crippen molar-refractivity contribution in [1.82, 2.24) is 9.97 Å². The van der Waals surface area contributed by atoms with Gasteiger partial charge in [-0.1, -0.05) is 95.5 Å². The van der Waals surface area contributed by atoms with E-state index in [2.05, 4.69) is 194 Å². The normalized spacial score (nSPS) is 11.2. The van der Waals surface area contributed by atoms with E-state index in [9.17, 15) is 9.59 Å². The molecule has 0 bridgehead atoms. The number of anilines is 6. The number of esters is 2. The Morgan fingerprint density at radius 1 is 0.429 bits per heavy atom. The van der Waals surface area contributed by atoms with Crippen molar-refractivity contribution in [2.45, 2.75) is 39.5 Å². The minimum atomic E-state index is -0.205. The zero-order valence-electron chi connectivity index (χ0n) is 39.0. The lowest BCUT2D eigenvalue weighted by Crippen LogP contribution is -2.10. The van der Waals surface area contributed by atoms with E-state index in [1.165, 1.54) is 35.1 Å². The van der Waals surface area contributed by atoms with Crippen molar-refractivity contribution in [3.8, 4) is 40.7 Å². The number of methoxy groups -OCH3 is 2. The van der Waals surface area contributed by atoms with E-state index in [4.69, 9.17) is 19.4 Å². The first-order valence-corrected chi connectivity index (χ1v) is 26.2. The van der Waals surface area contributed by atoms with Gasteiger partial charge in [0, 0.05) is 56.7 Å². The van der Waals surface area contributed by atoms with Gasteiger partial charge in [-0.05, 0) is 157 Å². The fourth-order valence-corrected chi connectivity index (χ4v) is 12.5. The minimum Gasteiger partial charge on any atom is -0.469 e. The van der Waals surface area contributed by atoms with Gasteiger partial charge in [0.15, 0.2) is 9.66 Å². The van der Waals surface area contributed by atoms with Gasteiger partial charge >= 0.3 is 11.9 Å². The molecule has 10 aromatic rings. The number of nitrogens with zero attached hydrogens (tertiary/aromatic N) is 4. The van der Waals surface area contributed by atoms with Crippen LogP contribution in [0.4, 0.5) is 34.1 Å². The molecule has 0 radical (unpaired) electrons. The summed E-state index contributed by atoms with van der Waals surface area (Å²) in [4.78, 5) is 44.7. The zero-order chi connectivity index (χ0) is 48.1. The molecule has 0 saturated heterocycles. The molecule has 0 amide bonds. The van der Waals surface area contributed by atoms with Crippen molar-refractivity contribution in [3.05, 3.63) is 192 Å². The molecule has 12 heteroatoms. The standard InChI is InChI=1S/C58H48N4O4S4/c1-37-7-5-9-47(35-37)61(43-21-11-39(12-22-43)15-33-53(63)65-3)45-25-17-41(18-26-45)49-29-31-51(67-49)55-59-57-58(69-55)60-56(70-57)52-32-30-50(68-52)42-19-27-46(28-20-42)62(48-10-6-8-38(2)36-48)44-23-13-40(14-24-44)16-34-54(64)66-4/h5-14,17-32,35-36H,15-16,33-34H2,1-4H3. The van der Waals surface area contributed by atoms with E-state index in [-0.39, 0.29) is 11.9 Å². The lowest BCUT2D eigenvalue weighted by atomic mass is 10.1. The van der Waals surface area contributed by atoms with Gasteiger partial charge in [-0.25, -0.2) is 9.97 Å². The van der Waals surface area contributed by atoms with Crippen LogP contribution in [-0.2, 0) is 31.9 Å². The van der Waals surface area contributed by atoms with Crippen LogP contribution in [0.2, 0.25) is 0 Å². The maximum absolute atomic E-state index is 11.7. The molecule has 0 unspecified atom stereocenters. The molecule has 10 rings (SSSR count). The second-order valence-corrected chi connectivity index (χ2v) is 21.0. The first-order valence-electron chi connectivity index (χ1n) is 22.9. The summed E-state index contributed by atoms with van der Waals surface area (Å²) in [5, 5.41) is 1.96. The van der Waals surface area contributed by atoms with Gasteiger partial charge in [-0.15, -0.1) is 22.7 Å². The molecular weight excluding hydrogens is 945 g/mol. The smallest absolute Gasteiger partial charge is 0.305 e. The molecule has 0 aliphatic carbocycles. The predicted octanol–water partition coefficient (Wildman–Crippen LogP) is 16.3. The van der Waals surface area contributed by atoms with Gasteiger partial charge in [0.05, 0.1) is 24.0 Å². The van der Waals surface area contributed by atoms with E-state index < -0.39 is 0 Å². The van der Waals surface area contributed by atoms with E-state index in [0.29, 0.717) is 25.7 Å². The average molecular weight is 993 g/mol. The molecule has 0 spiro atoms. The quantitative estimate of drug-likeness (QED) is 0.0885. The number of aryl methyl sites for hydroxylation is 4. The molecule has 0 fully saturated rings. The van der Waals surface area contributed by atoms with Crippen LogP contribution in [0, 0.1) is 13.8 Å². The number of hydrogen-bond acceptors (Lipinski definition) is 12. The maximum atomic E-state index is 11.7. The Morgan fingerprint density at radius 2 is 0.786 bits per heavy atom. The van der Waals surface area contributed by atoms with Gasteiger partial charge in [0.1, 0.15) is 10.0 Å². The van der Waals surface area contributed by atoms with Crippen LogP contribution in [0.1, 0.15) is 35.1 Å². The summed E-state index contributed by atoms with van der Waals surface area (Å²) in [6.45, 7) is 4.22. The molecule has 8 nitrogen and oxygen atoms in total. The van der Waals surface area contributed by atoms with Crippen LogP contribution in [0.5, 0.6) is 0 Å². The predicted molar refractivity (Wildman–Crippen MR) is 292 cm³/mol. The molecule has 0 aliphatic heterocycles. The van der Waals surface area contributed by atoms with Gasteiger partial charge in [0.2, 0.25) is 0 Å². The molecule has 4 heterocycles. The average Bonchev–Trinajstić information content (AvgIpc) is 4.22. The Hall–Kier alpha value is -7.22. The second kappa shape index (κ2) is 20.8. The number of fused-ring (bicyclic) bond motifs is 1. The molecule has 4 aromatic heterocycles. The largest absolute Gasteiger partial charge is 0.469 e. The second-order valence-electron chi connectivity index (χ2n) is 16.9. The summed E-state index contributed by atoms with van der Waals surface area (Å²) in [7, 11) is 2.85. The maximum Gasteiger partial charge on any atom is 0.305 e. The fourth-order valence-electron chi connectivity index (χ4n) is 8.37. The Kier molecular flexibility index (Phi) is 13.8. The number of carbonyl (C=O) groups excluding carboxylic acids is 2. The van der Waals surface area contributed by atoms with Gasteiger partial charge in [-0.3, -0.25) is 9.59 Å². The Balaban J connectivity index is 0.830. The van der Waals surface area contributed by atoms with E-state index in [1.807, 2.05) is 0 Å². The van der Waals surface area contributed by atoms with Crippen LogP contribution >= 0.6 is 45.3 Å². The Bertz CT molecular complexity index is 3170. The summed E-state index contributed by atoms with van der Waals surface area (Å²) < 4.78 is 9.68. The Morgan fingerprint density at radius 3 is 1.14 bits per heavy atom. The minimum absolute atomic E-state index is 0.205. The van der Waals surface area contributed by atoms with Crippen molar-refractivity contribution in [1.29, 1.82) is 0 Å². The number of aromatic nitrogens is 2. The first-order chi connectivity index (χ1) is 34.2. The summed E-state index contributed by atoms with van der Waals surface area (Å²) >= 11 is 6.78. The van der Waals surface area contributed by atoms with Crippen LogP contribution in [0.25, 0.3) is 50.3 Å². The monoisotopic (exact) mass is 992 g/mol. The molecule has 70 heavy (non-hydrogen) atoms. The van der Waals surface area contributed by atoms with Gasteiger partial charge < -0.3 is 19.3 Å². The van der Waals surface area contributed by atoms with Crippen LogP contribution in [0.15, 0.2) is 170 Å². The van der Waals surface area contributed by atoms with E-state index in [1.54, 1.807) is 45.3 Å². The number of thiazole rings is 2. The summed E-state index contributed by atoms with van der Waals surface area (Å²) in [6, 6.07) is 60.0. The Labute approximate surface area is 423 Å². The number of rotatable bonds is 16. The highest BCUT2D eigenvalue weighted by molar-refractivity contribution is 7.32. The molecule has 0 saturated carbocycles. The highest BCUT2D eigenvalue weighted by atomic mass is 32.1. The van der Waals surface area contributed by atoms with Crippen molar-refractivity contribution in [3.63, 3.8) is 0 Å². The number of thiophene rings is 2. The molecule has 348 valence electrons. The first kappa shape index (κ1) is 46.5. The van der Waals surface area contributed by atoms with Gasteiger partial charge in [-0.2, -0.15) is 0 Å². The number of hydrogen-bond donors (Lipinski definition) is 0. The van der Waals surface area contributed by atoms with Crippen molar-refractivity contribution in [2.24, 2.45) is 0 Å². The summed E-state index contributed by atoms with van der Waals surface area (Å²) in [5.74, 6) is -0.409. The molecule has 0 atom stereocenters. The topological polar surface area (TPSA) is 84.9 Å². The van der Waals surface area contributed by atoms with Gasteiger partial charge in [0.25, 0.3) is 0 Å². The number of ether oxygens (including phenoxy) is 2. The van der Waals surface area contributed by atoms with Crippen molar-refractivity contribution in [2.75, 3.05) is 24.0 Å². The summed E-state index contributed by atoms with van der Waals surface area (Å²) in [6.07, 6.45) is 1.98. The van der Waals surface area contributed by atoms with Crippen molar-refractivity contribution >= 4 is 101 Å². The SMILES string of the molecule is COC(=O)CCc1ccc(N(c2ccc(-c3ccc(-c4nc5sc(-c6ccc(-c7ccc(N(c8ccc(CCC(=O)OC)cc8)c8cccc(C)c8)cc7)s6)nc5s4)s3)cc2)c2cccc(C)c2)cc1. The number of benzene rings is 6. The molecule has 6 aromatic carbocycles. The highest BCUT2D eigenvalue weighted by Gasteiger charge is 2.19. The molecule has 0 N–H and O–H groups in total. The zero-order valence-corrected chi connectivity index (χ0v) is 42.3. The molecular formula is C58H48N4O4S4.